The molecule has 6 nitrogen and oxygen atoms in total. The van der Waals surface area contributed by atoms with Crippen molar-refractivity contribution in [3.8, 4) is 0 Å². The van der Waals surface area contributed by atoms with Crippen LogP contribution in [0.5, 0.6) is 0 Å². The average molecular weight is 396 g/mol. The zero-order chi connectivity index (χ0) is 19.1. The van der Waals surface area contributed by atoms with E-state index in [-0.39, 0.29) is 18.4 Å². The van der Waals surface area contributed by atoms with Crippen LogP contribution in [0.1, 0.15) is 59.8 Å². The van der Waals surface area contributed by atoms with Crippen molar-refractivity contribution in [1.29, 1.82) is 0 Å². The summed E-state index contributed by atoms with van der Waals surface area (Å²) in [6.07, 6.45) is 6.77. The molecule has 0 amide bonds. The maximum Gasteiger partial charge on any atom is 0.337 e. The molecule has 25 heavy (non-hydrogen) atoms. The van der Waals surface area contributed by atoms with Crippen LogP contribution in [0.3, 0.4) is 0 Å². The van der Waals surface area contributed by atoms with Crippen molar-refractivity contribution in [2.75, 3.05) is 12.5 Å². The fraction of sp³-hybridized carbons (Fsp3) is 0.824. The summed E-state index contributed by atoms with van der Waals surface area (Å²) in [5, 5.41) is 0. The van der Waals surface area contributed by atoms with E-state index < -0.39 is 27.9 Å². The number of carbonyl (C=O) groups is 1. The van der Waals surface area contributed by atoms with Gasteiger partial charge in [-0.1, -0.05) is 25.3 Å². The fourth-order valence-corrected chi connectivity index (χ4v) is 4.43. The van der Waals surface area contributed by atoms with Crippen molar-refractivity contribution in [2.24, 2.45) is 5.92 Å². The van der Waals surface area contributed by atoms with Crippen LogP contribution in [0.15, 0.2) is 11.6 Å². The van der Waals surface area contributed by atoms with Crippen LogP contribution < -0.4 is 4.72 Å². The Morgan fingerprint density at radius 3 is 2.36 bits per heavy atom. The Labute approximate surface area is 156 Å². The van der Waals surface area contributed by atoms with Gasteiger partial charge in [-0.2, -0.15) is 13.1 Å². The molecule has 0 heterocycles. The van der Waals surface area contributed by atoms with Crippen LogP contribution in [0.2, 0.25) is 0 Å². The van der Waals surface area contributed by atoms with E-state index in [2.05, 4.69) is 4.72 Å². The lowest BCUT2D eigenvalue weighted by Gasteiger charge is -2.30. The van der Waals surface area contributed by atoms with Crippen molar-refractivity contribution >= 4 is 27.9 Å². The summed E-state index contributed by atoms with van der Waals surface area (Å²) in [6.45, 7) is 6.73. The number of hydrogen-bond donors (Lipinski definition) is 1. The summed E-state index contributed by atoms with van der Waals surface area (Å²) in [7, 11) is -4.14. The van der Waals surface area contributed by atoms with Crippen LogP contribution in [0.25, 0.3) is 0 Å². The molecule has 1 rings (SSSR count). The topological polar surface area (TPSA) is 81.7 Å². The van der Waals surface area contributed by atoms with E-state index in [0.29, 0.717) is 5.57 Å². The number of carbonyl (C=O) groups excluding carboxylic acids is 1. The second-order valence-electron chi connectivity index (χ2n) is 7.15. The Morgan fingerprint density at radius 1 is 1.28 bits per heavy atom. The Kier molecular flexibility index (Phi) is 8.87. The van der Waals surface area contributed by atoms with Crippen molar-refractivity contribution in [3.63, 3.8) is 0 Å². The second kappa shape index (κ2) is 9.90. The van der Waals surface area contributed by atoms with Crippen molar-refractivity contribution in [1.82, 2.24) is 4.72 Å². The molecule has 0 aromatic rings. The van der Waals surface area contributed by atoms with E-state index in [9.17, 15) is 13.2 Å². The van der Waals surface area contributed by atoms with Gasteiger partial charge in [-0.05, 0) is 52.0 Å². The SMILES string of the molecule is CCOC(=O)[C@@H](NS(=O)(=O)OC(C)(C)C)/C(=C/CCl)C1CCCCC1. The van der Waals surface area contributed by atoms with Gasteiger partial charge in [0.25, 0.3) is 0 Å². The highest BCUT2D eigenvalue weighted by Gasteiger charge is 2.35. The minimum Gasteiger partial charge on any atom is -0.465 e. The van der Waals surface area contributed by atoms with E-state index in [0.717, 1.165) is 32.1 Å². The largest absolute Gasteiger partial charge is 0.465 e. The van der Waals surface area contributed by atoms with Gasteiger partial charge in [-0.15, -0.1) is 11.6 Å². The molecule has 0 aliphatic heterocycles. The van der Waals surface area contributed by atoms with E-state index in [1.165, 1.54) is 0 Å². The van der Waals surface area contributed by atoms with Crippen molar-refractivity contribution in [2.45, 2.75) is 71.4 Å². The quantitative estimate of drug-likeness (QED) is 0.387. The minimum absolute atomic E-state index is 0.110. The fourth-order valence-electron chi connectivity index (χ4n) is 3.02. The molecule has 0 bridgehead atoms. The first kappa shape index (κ1) is 22.4. The lowest BCUT2D eigenvalue weighted by molar-refractivity contribution is -0.144. The molecule has 0 saturated heterocycles. The van der Waals surface area contributed by atoms with Gasteiger partial charge >= 0.3 is 16.3 Å². The third kappa shape index (κ3) is 8.07. The molecular weight excluding hydrogens is 366 g/mol. The molecule has 0 spiro atoms. The standard InChI is InChI=1S/C17H30ClNO5S/c1-5-23-16(20)15(19-25(21,22)24-17(2,3)4)14(11-12-18)13-9-7-6-8-10-13/h11,13,15,19H,5-10,12H2,1-4H3/b14-11+/t15-/m0/s1. The lowest BCUT2D eigenvalue weighted by Crippen LogP contribution is -2.47. The first-order valence-corrected chi connectivity index (χ1v) is 10.7. The van der Waals surface area contributed by atoms with Gasteiger partial charge in [0.1, 0.15) is 6.04 Å². The zero-order valence-corrected chi connectivity index (χ0v) is 17.1. The third-order valence-electron chi connectivity index (χ3n) is 3.87. The van der Waals surface area contributed by atoms with Gasteiger partial charge in [-0.3, -0.25) is 4.18 Å². The Bertz CT molecular complexity index is 562. The molecule has 1 saturated carbocycles. The molecule has 0 radical (unpaired) electrons. The number of rotatable bonds is 8. The van der Waals surface area contributed by atoms with E-state index in [4.69, 9.17) is 20.5 Å². The first-order chi connectivity index (χ1) is 11.6. The van der Waals surface area contributed by atoms with Gasteiger partial charge in [0.15, 0.2) is 0 Å². The number of nitrogens with one attached hydrogen (secondary N) is 1. The van der Waals surface area contributed by atoms with Gasteiger partial charge in [-0.25, -0.2) is 4.79 Å². The highest BCUT2D eigenvalue weighted by atomic mass is 35.5. The van der Waals surface area contributed by atoms with Gasteiger partial charge in [0.05, 0.1) is 12.2 Å². The monoisotopic (exact) mass is 395 g/mol. The van der Waals surface area contributed by atoms with E-state index >= 15 is 0 Å². The molecule has 1 fully saturated rings. The first-order valence-electron chi connectivity index (χ1n) is 8.75. The number of esters is 1. The predicted molar refractivity (Wildman–Crippen MR) is 98.7 cm³/mol. The molecular formula is C17H30ClNO5S. The van der Waals surface area contributed by atoms with Gasteiger partial charge in [0, 0.05) is 5.88 Å². The molecule has 1 aliphatic rings. The van der Waals surface area contributed by atoms with Gasteiger partial charge in [0.2, 0.25) is 0 Å². The van der Waals surface area contributed by atoms with E-state index in [1.807, 2.05) is 0 Å². The van der Waals surface area contributed by atoms with Crippen molar-refractivity contribution in [3.05, 3.63) is 11.6 Å². The van der Waals surface area contributed by atoms with Crippen LogP contribution in [0.4, 0.5) is 0 Å². The number of ether oxygens (including phenoxy) is 1. The minimum atomic E-state index is -4.14. The summed E-state index contributed by atoms with van der Waals surface area (Å²) in [4.78, 5) is 12.5. The average Bonchev–Trinajstić information content (AvgIpc) is 2.49. The van der Waals surface area contributed by atoms with Crippen LogP contribution in [-0.2, 0) is 24.0 Å². The van der Waals surface area contributed by atoms with Crippen LogP contribution >= 0.6 is 11.6 Å². The molecule has 1 N–H and O–H groups in total. The third-order valence-corrected chi connectivity index (χ3v) is 5.27. The summed E-state index contributed by atoms with van der Waals surface area (Å²) in [6, 6.07) is -1.12. The van der Waals surface area contributed by atoms with Crippen LogP contribution in [0, 0.1) is 5.92 Å². The molecule has 1 atom stereocenters. The molecule has 1 aliphatic carbocycles. The smallest absolute Gasteiger partial charge is 0.337 e. The normalized spacial score (nSPS) is 18.8. The van der Waals surface area contributed by atoms with Gasteiger partial charge < -0.3 is 4.74 Å². The number of allylic oxidation sites excluding steroid dienone is 1. The second-order valence-corrected chi connectivity index (χ2v) is 8.77. The Hall–Kier alpha value is -0.630. The Morgan fingerprint density at radius 2 is 1.88 bits per heavy atom. The Balaban J connectivity index is 3.12. The lowest BCUT2D eigenvalue weighted by atomic mass is 9.81. The summed E-state index contributed by atoms with van der Waals surface area (Å²) < 4.78 is 37.3. The van der Waals surface area contributed by atoms with Crippen LogP contribution in [-0.4, -0.2) is 38.5 Å². The summed E-state index contributed by atoms with van der Waals surface area (Å²) >= 11 is 5.88. The number of alkyl halides is 1. The predicted octanol–water partition coefficient (Wildman–Crippen LogP) is 3.31. The highest BCUT2D eigenvalue weighted by Crippen LogP contribution is 2.32. The number of hydrogen-bond acceptors (Lipinski definition) is 5. The molecule has 8 heteroatoms. The molecule has 146 valence electrons. The molecule has 0 aromatic heterocycles. The molecule has 0 aromatic carbocycles. The maximum absolute atomic E-state index is 12.5. The number of halogens is 1. The summed E-state index contributed by atoms with van der Waals surface area (Å²) in [5.74, 6) is -0.325. The highest BCUT2D eigenvalue weighted by molar-refractivity contribution is 7.84. The van der Waals surface area contributed by atoms with Crippen molar-refractivity contribution < 1.29 is 22.1 Å². The zero-order valence-electron chi connectivity index (χ0n) is 15.5. The van der Waals surface area contributed by atoms with E-state index in [1.54, 1.807) is 33.8 Å². The maximum atomic E-state index is 12.5. The molecule has 0 unspecified atom stereocenters. The summed E-state index contributed by atoms with van der Waals surface area (Å²) in [5.41, 5.74) is -0.235.